The molecule has 5 nitrogen and oxygen atoms in total. The third-order valence-corrected chi connectivity index (χ3v) is 7.44. The molecule has 0 bridgehead atoms. The lowest BCUT2D eigenvalue weighted by Crippen LogP contribution is -2.21. The summed E-state index contributed by atoms with van der Waals surface area (Å²) in [4.78, 5) is 29.7. The number of carbonyl (C=O) groups excluding carboxylic acids is 1. The summed E-state index contributed by atoms with van der Waals surface area (Å²) in [5.41, 5.74) is 1.97. The quantitative estimate of drug-likeness (QED) is 0.456. The zero-order valence-electron chi connectivity index (χ0n) is 16.7. The van der Waals surface area contributed by atoms with E-state index in [2.05, 4.69) is 16.8 Å². The van der Waals surface area contributed by atoms with Crippen LogP contribution >= 0.6 is 34.9 Å². The fourth-order valence-electron chi connectivity index (χ4n) is 2.27. The molecule has 0 aliphatic heterocycles. The second-order valence-corrected chi connectivity index (χ2v) is 10.4. The standard InChI is InChI=1S/C21H24N2O3S3/c1-15-14-22-18(29-15)8-7-16-5-4-6-17(13-16)21(28-12-10-20(25)26)27-11-9-19(24)23(2)3/h4-6,13-14,21H,9-12H2,1-3H3,(H,25,26). The molecule has 1 aromatic heterocycles. The first-order valence-corrected chi connectivity index (χ1v) is 12.0. The van der Waals surface area contributed by atoms with Crippen molar-refractivity contribution in [2.75, 3.05) is 25.6 Å². The molecule has 29 heavy (non-hydrogen) atoms. The molecule has 1 heterocycles. The number of aliphatic carboxylic acids is 1. The number of rotatable bonds is 9. The molecule has 2 aromatic rings. The Morgan fingerprint density at radius 2 is 1.93 bits per heavy atom. The predicted molar refractivity (Wildman–Crippen MR) is 122 cm³/mol. The van der Waals surface area contributed by atoms with E-state index in [1.165, 1.54) is 0 Å². The summed E-state index contributed by atoms with van der Waals surface area (Å²) in [5.74, 6) is 6.73. The van der Waals surface area contributed by atoms with Crippen LogP contribution in [0.1, 0.15) is 38.4 Å². The number of thioether (sulfide) groups is 2. The number of aromatic nitrogens is 1. The molecular formula is C21H24N2O3S3. The summed E-state index contributed by atoms with van der Waals surface area (Å²) >= 11 is 4.81. The van der Waals surface area contributed by atoms with Gasteiger partial charge in [-0.3, -0.25) is 9.59 Å². The highest BCUT2D eigenvalue weighted by Gasteiger charge is 2.15. The largest absolute Gasteiger partial charge is 0.481 e. The van der Waals surface area contributed by atoms with Crippen molar-refractivity contribution >= 4 is 46.7 Å². The van der Waals surface area contributed by atoms with Gasteiger partial charge in [0.05, 0.1) is 11.0 Å². The number of nitrogens with zero attached hydrogens (tertiary/aromatic N) is 2. The van der Waals surface area contributed by atoms with E-state index in [0.717, 1.165) is 21.0 Å². The molecule has 1 unspecified atom stereocenters. The van der Waals surface area contributed by atoms with Gasteiger partial charge >= 0.3 is 5.97 Å². The Morgan fingerprint density at radius 3 is 2.55 bits per heavy atom. The van der Waals surface area contributed by atoms with Gasteiger partial charge in [0.1, 0.15) is 0 Å². The number of carbonyl (C=O) groups is 2. The lowest BCUT2D eigenvalue weighted by molar-refractivity contribution is -0.136. The van der Waals surface area contributed by atoms with Crippen molar-refractivity contribution in [1.82, 2.24) is 9.88 Å². The van der Waals surface area contributed by atoms with Crippen LogP contribution in [0, 0.1) is 18.8 Å². The van der Waals surface area contributed by atoms with E-state index < -0.39 is 5.97 Å². The molecular weight excluding hydrogens is 424 g/mol. The second kappa shape index (κ2) is 11.9. The average Bonchev–Trinajstić information content (AvgIpc) is 3.10. The summed E-state index contributed by atoms with van der Waals surface area (Å²) < 4.78 is 0.0492. The van der Waals surface area contributed by atoms with Crippen molar-refractivity contribution in [3.63, 3.8) is 0 Å². The Morgan fingerprint density at radius 1 is 1.21 bits per heavy atom. The van der Waals surface area contributed by atoms with E-state index >= 15 is 0 Å². The van der Waals surface area contributed by atoms with Crippen LogP contribution in [-0.2, 0) is 9.59 Å². The fourth-order valence-corrected chi connectivity index (χ4v) is 5.54. The normalized spacial score (nSPS) is 11.4. The molecule has 0 fully saturated rings. The fraction of sp³-hybridized carbons (Fsp3) is 0.381. The number of carboxylic acid groups (broad SMARTS) is 1. The average molecular weight is 449 g/mol. The highest BCUT2D eigenvalue weighted by atomic mass is 32.2. The van der Waals surface area contributed by atoms with Crippen LogP contribution in [0.4, 0.5) is 0 Å². The van der Waals surface area contributed by atoms with Crippen molar-refractivity contribution in [2.24, 2.45) is 0 Å². The topological polar surface area (TPSA) is 70.5 Å². The van der Waals surface area contributed by atoms with Crippen LogP contribution in [0.2, 0.25) is 0 Å². The minimum absolute atomic E-state index is 0.0492. The SMILES string of the molecule is Cc1cnc(C#Cc2cccc(C(SCCC(=O)O)SCCC(=O)N(C)C)c2)s1. The molecule has 0 aliphatic rings. The Balaban J connectivity index is 2.10. The van der Waals surface area contributed by atoms with E-state index in [4.69, 9.17) is 5.11 Å². The molecule has 0 saturated carbocycles. The maximum atomic E-state index is 11.8. The number of amides is 1. The third-order valence-electron chi connectivity index (χ3n) is 3.76. The van der Waals surface area contributed by atoms with Gasteiger partial charge in [0, 0.05) is 48.7 Å². The van der Waals surface area contributed by atoms with Gasteiger partial charge in [-0.2, -0.15) is 0 Å². The first kappa shape index (κ1) is 23.3. The summed E-state index contributed by atoms with van der Waals surface area (Å²) in [5, 5.41) is 9.73. The molecule has 0 aliphatic carbocycles. The van der Waals surface area contributed by atoms with E-state index in [1.807, 2.05) is 37.4 Å². The maximum Gasteiger partial charge on any atom is 0.304 e. The van der Waals surface area contributed by atoms with E-state index in [-0.39, 0.29) is 16.9 Å². The smallest absolute Gasteiger partial charge is 0.304 e. The van der Waals surface area contributed by atoms with Crippen molar-refractivity contribution < 1.29 is 14.7 Å². The van der Waals surface area contributed by atoms with Crippen molar-refractivity contribution in [1.29, 1.82) is 0 Å². The molecule has 0 spiro atoms. The number of benzene rings is 1. The highest BCUT2D eigenvalue weighted by Crippen LogP contribution is 2.40. The summed E-state index contributed by atoms with van der Waals surface area (Å²) in [6.45, 7) is 2.00. The summed E-state index contributed by atoms with van der Waals surface area (Å²) in [7, 11) is 3.50. The van der Waals surface area contributed by atoms with Gasteiger partial charge in [-0.25, -0.2) is 4.98 Å². The van der Waals surface area contributed by atoms with Gasteiger partial charge in [-0.1, -0.05) is 18.1 Å². The zero-order chi connectivity index (χ0) is 21.2. The molecule has 1 amide bonds. The van der Waals surface area contributed by atoms with E-state index in [1.54, 1.807) is 53.9 Å². The van der Waals surface area contributed by atoms with Crippen LogP contribution < -0.4 is 0 Å². The first-order valence-electron chi connectivity index (χ1n) is 9.04. The van der Waals surface area contributed by atoms with Crippen molar-refractivity contribution in [3.8, 4) is 11.8 Å². The van der Waals surface area contributed by atoms with Gasteiger partial charge in [0.2, 0.25) is 5.91 Å². The molecule has 0 radical (unpaired) electrons. The van der Waals surface area contributed by atoms with Crippen LogP contribution in [0.25, 0.3) is 0 Å². The number of hydrogen-bond donors (Lipinski definition) is 1. The Kier molecular flexibility index (Phi) is 9.58. The minimum Gasteiger partial charge on any atom is -0.481 e. The molecule has 1 N–H and O–H groups in total. The second-order valence-electron chi connectivity index (χ2n) is 6.41. The van der Waals surface area contributed by atoms with Gasteiger partial charge in [-0.05, 0) is 30.5 Å². The Hall–Kier alpha value is -1.95. The van der Waals surface area contributed by atoms with Crippen LogP contribution in [0.5, 0.6) is 0 Å². The van der Waals surface area contributed by atoms with Crippen LogP contribution in [0.3, 0.4) is 0 Å². The van der Waals surface area contributed by atoms with Crippen molar-refractivity contribution in [2.45, 2.75) is 24.3 Å². The first-order chi connectivity index (χ1) is 13.8. The lowest BCUT2D eigenvalue weighted by atomic mass is 10.1. The van der Waals surface area contributed by atoms with Gasteiger partial charge in [-0.15, -0.1) is 34.9 Å². The predicted octanol–water partition coefficient (Wildman–Crippen LogP) is 4.27. The number of carboxylic acids is 1. The highest BCUT2D eigenvalue weighted by molar-refractivity contribution is 8.16. The van der Waals surface area contributed by atoms with Gasteiger partial charge in [0.25, 0.3) is 0 Å². The van der Waals surface area contributed by atoms with Gasteiger partial charge < -0.3 is 10.0 Å². The summed E-state index contributed by atoms with van der Waals surface area (Å²) in [6.07, 6.45) is 2.38. The van der Waals surface area contributed by atoms with Crippen LogP contribution in [0.15, 0.2) is 30.5 Å². The molecule has 0 saturated heterocycles. The molecule has 8 heteroatoms. The summed E-state index contributed by atoms with van der Waals surface area (Å²) in [6, 6.07) is 7.98. The third kappa shape index (κ3) is 8.52. The molecule has 154 valence electrons. The Labute approximate surface area is 184 Å². The molecule has 1 atom stereocenters. The molecule has 1 aromatic carbocycles. The monoisotopic (exact) mass is 448 g/mol. The lowest BCUT2D eigenvalue weighted by Gasteiger charge is -2.17. The van der Waals surface area contributed by atoms with E-state index in [0.29, 0.717) is 17.9 Å². The van der Waals surface area contributed by atoms with Gasteiger partial charge in [0.15, 0.2) is 5.01 Å². The minimum atomic E-state index is -0.803. The number of hydrogen-bond acceptors (Lipinski definition) is 6. The number of thiazole rings is 1. The van der Waals surface area contributed by atoms with Crippen molar-refractivity contribution in [3.05, 3.63) is 51.5 Å². The zero-order valence-corrected chi connectivity index (χ0v) is 19.1. The van der Waals surface area contributed by atoms with Crippen LogP contribution in [-0.4, -0.2) is 52.5 Å². The number of aryl methyl sites for hydroxylation is 1. The molecule has 2 rings (SSSR count). The maximum absolute atomic E-state index is 11.8. The van der Waals surface area contributed by atoms with E-state index in [9.17, 15) is 9.59 Å². The Bertz CT molecular complexity index is 900.